The zero-order valence-corrected chi connectivity index (χ0v) is 38.5. The molecule has 0 bridgehead atoms. The van der Waals surface area contributed by atoms with E-state index < -0.39 is 18.2 Å². The molecule has 3 N–H and O–H groups in total. The van der Waals surface area contributed by atoms with Gasteiger partial charge >= 0.3 is 5.97 Å². The van der Waals surface area contributed by atoms with Crippen LogP contribution >= 0.6 is 0 Å². The summed E-state index contributed by atoms with van der Waals surface area (Å²) in [6, 6.07) is -0.694. The van der Waals surface area contributed by atoms with E-state index in [0.717, 1.165) is 51.4 Å². The molecule has 3 atom stereocenters. The van der Waals surface area contributed by atoms with Gasteiger partial charge < -0.3 is 20.3 Å². The van der Waals surface area contributed by atoms with Crippen LogP contribution in [0.3, 0.4) is 0 Å². The summed E-state index contributed by atoms with van der Waals surface area (Å²) in [5.41, 5.74) is 0. The highest BCUT2D eigenvalue weighted by Crippen LogP contribution is 2.18. The van der Waals surface area contributed by atoms with Crippen molar-refractivity contribution < 1.29 is 24.5 Å². The van der Waals surface area contributed by atoms with E-state index in [4.69, 9.17) is 4.74 Å². The molecule has 0 saturated heterocycles. The number of unbranched alkanes of at least 4 members (excludes halogenated alkanes) is 32. The minimum absolute atomic E-state index is 0.0806. The summed E-state index contributed by atoms with van der Waals surface area (Å²) in [5, 5.41) is 23.7. The van der Waals surface area contributed by atoms with Crippen LogP contribution in [-0.4, -0.2) is 46.9 Å². The van der Waals surface area contributed by atoms with Crippen molar-refractivity contribution in [3.63, 3.8) is 0 Å². The normalized spacial score (nSPS) is 13.3. The number of amides is 1. The number of nitrogens with one attached hydrogen (secondary N) is 1. The average molecular weight is 806 g/mol. The molecule has 338 valence electrons. The van der Waals surface area contributed by atoms with Gasteiger partial charge in [0.05, 0.1) is 25.2 Å². The number of ether oxygens (including phenoxy) is 1. The van der Waals surface area contributed by atoms with Gasteiger partial charge in [-0.05, 0) is 51.4 Å². The Labute approximate surface area is 355 Å². The SMILES string of the molecule is CCCCCCCCCCC/C=C/CCCCCCCC(=O)OC(CCCCCCCCCCCC)CC(=O)NC(CO)C(O)CCCCCCCCCCCC. The maximum absolute atomic E-state index is 13.1. The van der Waals surface area contributed by atoms with Gasteiger partial charge in [-0.25, -0.2) is 0 Å². The summed E-state index contributed by atoms with van der Waals surface area (Å²) < 4.78 is 5.92. The second kappa shape index (κ2) is 45.7. The number of carbonyl (C=O) groups is 2. The molecule has 1 amide bonds. The molecule has 0 heterocycles. The fourth-order valence-electron chi connectivity index (χ4n) is 7.96. The topological polar surface area (TPSA) is 95.9 Å². The average Bonchev–Trinajstić information content (AvgIpc) is 3.20. The quantitative estimate of drug-likeness (QED) is 0.0323. The van der Waals surface area contributed by atoms with Crippen LogP contribution in [0.25, 0.3) is 0 Å². The van der Waals surface area contributed by atoms with Crippen LogP contribution in [0.15, 0.2) is 12.2 Å². The lowest BCUT2D eigenvalue weighted by molar-refractivity contribution is -0.151. The summed E-state index contributed by atoms with van der Waals surface area (Å²) in [5.74, 6) is -0.470. The monoisotopic (exact) mass is 806 g/mol. The predicted molar refractivity (Wildman–Crippen MR) is 246 cm³/mol. The van der Waals surface area contributed by atoms with E-state index >= 15 is 0 Å². The smallest absolute Gasteiger partial charge is 0.306 e. The summed E-state index contributed by atoms with van der Waals surface area (Å²) in [7, 11) is 0. The largest absolute Gasteiger partial charge is 0.462 e. The maximum Gasteiger partial charge on any atom is 0.306 e. The van der Waals surface area contributed by atoms with Gasteiger partial charge in [-0.15, -0.1) is 0 Å². The first-order valence-corrected chi connectivity index (χ1v) is 25.4. The fourth-order valence-corrected chi connectivity index (χ4v) is 7.96. The molecule has 0 aromatic heterocycles. The maximum atomic E-state index is 13.1. The molecule has 0 aliphatic heterocycles. The van der Waals surface area contributed by atoms with Gasteiger partial charge in [0.2, 0.25) is 5.91 Å². The van der Waals surface area contributed by atoms with Gasteiger partial charge in [-0.3, -0.25) is 9.59 Å². The molecule has 57 heavy (non-hydrogen) atoms. The van der Waals surface area contributed by atoms with E-state index in [1.807, 2.05) is 0 Å². The van der Waals surface area contributed by atoms with Crippen LogP contribution in [0.1, 0.15) is 278 Å². The summed E-state index contributed by atoms with van der Waals surface area (Å²) >= 11 is 0. The van der Waals surface area contributed by atoms with Crippen LogP contribution in [0, 0.1) is 0 Å². The lowest BCUT2D eigenvalue weighted by Gasteiger charge is -2.24. The highest BCUT2D eigenvalue weighted by atomic mass is 16.5. The molecule has 0 spiro atoms. The molecular weight excluding hydrogens is 707 g/mol. The van der Waals surface area contributed by atoms with E-state index in [-0.39, 0.29) is 24.9 Å². The van der Waals surface area contributed by atoms with E-state index in [0.29, 0.717) is 19.3 Å². The van der Waals surface area contributed by atoms with E-state index in [9.17, 15) is 19.8 Å². The Morgan fingerprint density at radius 1 is 0.491 bits per heavy atom. The van der Waals surface area contributed by atoms with Crippen LogP contribution in [0.4, 0.5) is 0 Å². The van der Waals surface area contributed by atoms with E-state index in [2.05, 4.69) is 38.2 Å². The second-order valence-corrected chi connectivity index (χ2v) is 17.6. The number of carbonyl (C=O) groups excluding carboxylic acids is 2. The lowest BCUT2D eigenvalue weighted by atomic mass is 10.0. The van der Waals surface area contributed by atoms with Crippen LogP contribution < -0.4 is 5.32 Å². The molecule has 0 rings (SSSR count). The highest BCUT2D eigenvalue weighted by Gasteiger charge is 2.24. The number of hydrogen-bond donors (Lipinski definition) is 3. The minimum Gasteiger partial charge on any atom is -0.462 e. The van der Waals surface area contributed by atoms with Gasteiger partial charge in [-0.2, -0.15) is 0 Å². The Hall–Kier alpha value is -1.40. The zero-order chi connectivity index (χ0) is 41.7. The molecular formula is C51H99NO5. The van der Waals surface area contributed by atoms with Crippen LogP contribution in [-0.2, 0) is 14.3 Å². The number of rotatable bonds is 46. The third-order valence-electron chi connectivity index (χ3n) is 11.8. The highest BCUT2D eigenvalue weighted by molar-refractivity contribution is 5.77. The first-order chi connectivity index (χ1) is 28.0. The molecule has 6 nitrogen and oxygen atoms in total. The third-order valence-corrected chi connectivity index (χ3v) is 11.8. The van der Waals surface area contributed by atoms with Gasteiger partial charge in [-0.1, -0.05) is 226 Å². The van der Waals surface area contributed by atoms with Crippen molar-refractivity contribution in [3.8, 4) is 0 Å². The lowest BCUT2D eigenvalue weighted by Crippen LogP contribution is -2.46. The van der Waals surface area contributed by atoms with E-state index in [1.165, 1.54) is 180 Å². The predicted octanol–water partition coefficient (Wildman–Crippen LogP) is 15.0. The molecule has 0 aliphatic rings. The third kappa shape index (κ3) is 41.1. The zero-order valence-electron chi connectivity index (χ0n) is 38.5. The Kier molecular flexibility index (Phi) is 44.6. The summed E-state index contributed by atoms with van der Waals surface area (Å²) in [6.45, 7) is 6.48. The van der Waals surface area contributed by atoms with Gasteiger partial charge in [0, 0.05) is 6.42 Å². The van der Waals surface area contributed by atoms with Crippen molar-refractivity contribution in [3.05, 3.63) is 12.2 Å². The molecule has 0 aromatic rings. The molecule has 0 radical (unpaired) electrons. The first-order valence-electron chi connectivity index (χ1n) is 25.4. The van der Waals surface area contributed by atoms with Crippen molar-refractivity contribution >= 4 is 11.9 Å². The van der Waals surface area contributed by atoms with Crippen LogP contribution in [0.5, 0.6) is 0 Å². The van der Waals surface area contributed by atoms with Crippen molar-refractivity contribution in [2.24, 2.45) is 0 Å². The van der Waals surface area contributed by atoms with Gasteiger partial charge in [0.1, 0.15) is 6.10 Å². The van der Waals surface area contributed by atoms with Crippen LogP contribution in [0.2, 0.25) is 0 Å². The second-order valence-electron chi connectivity index (χ2n) is 17.6. The van der Waals surface area contributed by atoms with Crippen molar-refractivity contribution in [1.82, 2.24) is 5.32 Å². The van der Waals surface area contributed by atoms with Crippen molar-refractivity contribution in [2.75, 3.05) is 6.61 Å². The van der Waals surface area contributed by atoms with Crippen molar-refractivity contribution in [1.29, 1.82) is 0 Å². The Balaban J connectivity index is 4.45. The first kappa shape index (κ1) is 55.6. The Morgan fingerprint density at radius 3 is 1.25 bits per heavy atom. The number of aliphatic hydroxyl groups is 2. The molecule has 0 fully saturated rings. The summed E-state index contributed by atoms with van der Waals surface area (Å²) in [6.07, 6.45) is 49.9. The van der Waals surface area contributed by atoms with Crippen molar-refractivity contribution in [2.45, 2.75) is 296 Å². The summed E-state index contributed by atoms with van der Waals surface area (Å²) in [4.78, 5) is 26.0. The van der Waals surface area contributed by atoms with Gasteiger partial charge in [0.15, 0.2) is 0 Å². The van der Waals surface area contributed by atoms with E-state index in [1.54, 1.807) is 0 Å². The Morgan fingerprint density at radius 2 is 0.842 bits per heavy atom. The Bertz CT molecular complexity index is 863. The molecule has 0 aliphatic carbocycles. The molecule has 0 aromatic carbocycles. The molecule has 0 saturated carbocycles. The molecule has 3 unspecified atom stereocenters. The fraction of sp³-hybridized carbons (Fsp3) is 0.922. The standard InChI is InChI=1S/C51H99NO5/c1-4-7-10-13-16-19-22-23-24-25-26-27-28-29-32-35-38-41-44-51(56)57-47(42-39-36-33-30-20-17-14-11-8-5-2)45-50(55)52-48(46-53)49(54)43-40-37-34-31-21-18-15-12-9-6-3/h26-27,47-49,53-54H,4-25,28-46H2,1-3H3,(H,52,55)/b27-26+. The number of allylic oxidation sites excluding steroid dienone is 2. The minimum atomic E-state index is -0.781. The molecule has 6 heteroatoms. The van der Waals surface area contributed by atoms with Gasteiger partial charge in [0.25, 0.3) is 0 Å². The number of esters is 1. The number of aliphatic hydroxyl groups excluding tert-OH is 2. The number of hydrogen-bond acceptors (Lipinski definition) is 5.